The zero-order chi connectivity index (χ0) is 20.3. The first-order chi connectivity index (χ1) is 12.6. The van der Waals surface area contributed by atoms with E-state index in [2.05, 4.69) is 0 Å². The molecule has 4 N–H and O–H groups in total. The van der Waals surface area contributed by atoms with Gasteiger partial charge in [0.15, 0.2) is 0 Å². The van der Waals surface area contributed by atoms with Gasteiger partial charge in [0.25, 0.3) is 19.8 Å². The van der Waals surface area contributed by atoms with Gasteiger partial charge in [-0.25, -0.2) is 0 Å². The van der Waals surface area contributed by atoms with E-state index >= 15 is 0 Å². The fourth-order valence-corrected chi connectivity index (χ4v) is 3.56. The lowest BCUT2D eigenvalue weighted by Crippen LogP contribution is -2.54. The molecule has 0 spiro atoms. The van der Waals surface area contributed by atoms with E-state index < -0.39 is 48.7 Å². The summed E-state index contributed by atoms with van der Waals surface area (Å²) in [5.41, 5.74) is -6.32. The Morgan fingerprint density at radius 2 is 1.04 bits per heavy atom. The average Bonchev–Trinajstić information content (AvgIpc) is 2.54. The molecule has 0 aliphatic carbocycles. The molecule has 0 atom stereocenters. The summed E-state index contributed by atoms with van der Waals surface area (Å²) in [6, 6.07) is 7.58. The Hall–Kier alpha value is -2.03. The van der Waals surface area contributed by atoms with Crippen LogP contribution in [0.4, 0.5) is 26.3 Å². The number of alkyl halides is 6. The molecule has 0 saturated heterocycles. The quantitative estimate of drug-likeness (QED) is 0.546. The lowest BCUT2D eigenvalue weighted by Gasteiger charge is -2.38. The third-order valence-corrected chi connectivity index (χ3v) is 4.88. The van der Waals surface area contributed by atoms with Crippen LogP contribution in [0.5, 0.6) is 11.5 Å². The molecule has 0 heterocycles. The monoisotopic (exact) mass is 426 g/mol. The highest BCUT2D eigenvalue weighted by molar-refractivity contribution is 6.23. The standard InChI is InChI=1S/C15H16F6N2O2Si2/c16-14(17,18)13(15(19,20)21,9-3-1-5-11(7-9)24-26-22)10-4-2-6-12(8-10)25-27-23/h1-8H,22-23,26-27H2. The van der Waals surface area contributed by atoms with Gasteiger partial charge in [-0.05, 0) is 35.4 Å². The van der Waals surface area contributed by atoms with Crippen molar-refractivity contribution in [2.45, 2.75) is 17.8 Å². The van der Waals surface area contributed by atoms with Gasteiger partial charge in [0.05, 0.1) is 0 Å². The summed E-state index contributed by atoms with van der Waals surface area (Å²) in [5.74, 6) is -0.303. The van der Waals surface area contributed by atoms with Crippen LogP contribution in [0.2, 0.25) is 0 Å². The summed E-state index contributed by atoms with van der Waals surface area (Å²) < 4.78 is 94.3. The Morgan fingerprint density at radius 3 is 1.33 bits per heavy atom. The van der Waals surface area contributed by atoms with Crippen molar-refractivity contribution in [2.75, 3.05) is 0 Å². The van der Waals surface area contributed by atoms with Gasteiger partial charge in [-0.15, -0.1) is 0 Å². The second-order valence-electron chi connectivity index (χ2n) is 5.42. The molecule has 27 heavy (non-hydrogen) atoms. The second kappa shape index (κ2) is 7.92. The van der Waals surface area contributed by atoms with Crippen molar-refractivity contribution in [3.8, 4) is 11.5 Å². The minimum absolute atomic E-state index is 0.152. The first-order valence-electron chi connectivity index (χ1n) is 7.58. The second-order valence-corrected chi connectivity index (χ2v) is 6.67. The molecule has 148 valence electrons. The van der Waals surface area contributed by atoms with E-state index in [0.29, 0.717) is 12.1 Å². The average molecular weight is 426 g/mol. The summed E-state index contributed by atoms with van der Waals surface area (Å²) in [6.45, 7) is 0. The summed E-state index contributed by atoms with van der Waals surface area (Å²) in [4.78, 5) is 0. The van der Waals surface area contributed by atoms with E-state index in [4.69, 9.17) is 19.7 Å². The number of rotatable bonds is 6. The van der Waals surface area contributed by atoms with Crippen LogP contribution in [-0.4, -0.2) is 32.2 Å². The van der Waals surface area contributed by atoms with Crippen molar-refractivity contribution in [3.05, 3.63) is 59.7 Å². The van der Waals surface area contributed by atoms with E-state index in [-0.39, 0.29) is 11.5 Å². The number of hydrogen-bond donors (Lipinski definition) is 2. The molecule has 0 aromatic heterocycles. The maximum absolute atomic E-state index is 14.0. The molecule has 0 aliphatic heterocycles. The predicted octanol–water partition coefficient (Wildman–Crippen LogP) is 1.77. The van der Waals surface area contributed by atoms with Gasteiger partial charge < -0.3 is 19.7 Å². The molecule has 2 aromatic rings. The minimum Gasteiger partial charge on any atom is -0.535 e. The molecule has 2 rings (SSSR count). The molecule has 12 heteroatoms. The van der Waals surface area contributed by atoms with Crippen molar-refractivity contribution < 1.29 is 35.2 Å². The first kappa shape index (κ1) is 21.3. The molecular formula is C15H16F6N2O2Si2. The number of halogens is 6. The maximum atomic E-state index is 14.0. The van der Waals surface area contributed by atoms with Gasteiger partial charge in [0.1, 0.15) is 11.5 Å². The highest BCUT2D eigenvalue weighted by atomic mass is 28.2. The molecule has 0 unspecified atom stereocenters. The molecule has 0 fully saturated rings. The van der Waals surface area contributed by atoms with Crippen LogP contribution in [0.15, 0.2) is 48.5 Å². The topological polar surface area (TPSA) is 70.5 Å². The lowest BCUT2D eigenvalue weighted by atomic mass is 9.73. The Balaban J connectivity index is 2.84. The molecule has 0 radical (unpaired) electrons. The molecular weight excluding hydrogens is 410 g/mol. The minimum atomic E-state index is -5.69. The molecule has 4 nitrogen and oxygen atoms in total. The van der Waals surface area contributed by atoms with Gasteiger partial charge in [0.2, 0.25) is 5.41 Å². The van der Waals surface area contributed by atoms with Crippen LogP contribution >= 0.6 is 0 Å². The lowest BCUT2D eigenvalue weighted by molar-refractivity contribution is -0.288. The SMILES string of the molecule is N[SiH2]Oc1cccc(C(c2cccc(O[SiH2]N)c2)(C(F)(F)F)C(F)(F)F)c1. The van der Waals surface area contributed by atoms with Crippen molar-refractivity contribution in [1.82, 2.24) is 0 Å². The van der Waals surface area contributed by atoms with Crippen LogP contribution in [0.1, 0.15) is 11.1 Å². The van der Waals surface area contributed by atoms with Gasteiger partial charge in [-0.3, -0.25) is 0 Å². The van der Waals surface area contributed by atoms with E-state index in [1.807, 2.05) is 0 Å². The van der Waals surface area contributed by atoms with Crippen molar-refractivity contribution in [1.29, 1.82) is 0 Å². The summed E-state index contributed by atoms with van der Waals surface area (Å²) in [5, 5.41) is 10.6. The molecule has 2 aromatic carbocycles. The Bertz CT molecular complexity index is 720. The van der Waals surface area contributed by atoms with E-state index in [1.165, 1.54) is 12.1 Å². The van der Waals surface area contributed by atoms with Gasteiger partial charge in [-0.2, -0.15) is 26.3 Å². The maximum Gasteiger partial charge on any atom is 0.411 e. The molecule has 0 aliphatic rings. The smallest absolute Gasteiger partial charge is 0.411 e. The largest absolute Gasteiger partial charge is 0.535 e. The highest BCUT2D eigenvalue weighted by Gasteiger charge is 2.72. The zero-order valence-electron chi connectivity index (χ0n) is 13.8. The fraction of sp³-hybridized carbons (Fsp3) is 0.200. The summed E-state index contributed by atoms with van der Waals surface area (Å²) in [7, 11) is -3.16. The highest BCUT2D eigenvalue weighted by Crippen LogP contribution is 2.56. The van der Waals surface area contributed by atoms with Gasteiger partial charge in [-0.1, -0.05) is 24.3 Å². The van der Waals surface area contributed by atoms with Gasteiger partial charge >= 0.3 is 12.4 Å². The Morgan fingerprint density at radius 1 is 0.667 bits per heavy atom. The summed E-state index contributed by atoms with van der Waals surface area (Å²) >= 11 is 0. The van der Waals surface area contributed by atoms with E-state index in [9.17, 15) is 26.3 Å². The number of nitrogens with two attached hydrogens (primary N) is 2. The van der Waals surface area contributed by atoms with E-state index in [0.717, 1.165) is 24.3 Å². The molecule has 0 amide bonds. The van der Waals surface area contributed by atoms with Crippen LogP contribution in [0.3, 0.4) is 0 Å². The number of hydrogen-bond acceptors (Lipinski definition) is 4. The van der Waals surface area contributed by atoms with Crippen LogP contribution < -0.4 is 19.7 Å². The Labute approximate surface area is 155 Å². The normalized spacial score (nSPS) is 13.6. The summed E-state index contributed by atoms with van der Waals surface area (Å²) in [6.07, 6.45) is -11.4. The Kier molecular flexibility index (Phi) is 6.24. The third kappa shape index (κ3) is 3.97. The van der Waals surface area contributed by atoms with Gasteiger partial charge in [0, 0.05) is 0 Å². The molecule has 0 bridgehead atoms. The fourth-order valence-electron chi connectivity index (χ4n) is 2.81. The van der Waals surface area contributed by atoms with Crippen LogP contribution in [-0.2, 0) is 5.41 Å². The predicted molar refractivity (Wildman–Crippen MR) is 92.5 cm³/mol. The first-order valence-corrected chi connectivity index (χ1v) is 10.4. The van der Waals surface area contributed by atoms with Crippen LogP contribution in [0.25, 0.3) is 0 Å². The van der Waals surface area contributed by atoms with Crippen molar-refractivity contribution >= 4 is 19.8 Å². The van der Waals surface area contributed by atoms with Crippen LogP contribution in [0, 0.1) is 0 Å². The van der Waals surface area contributed by atoms with E-state index in [1.54, 1.807) is 0 Å². The van der Waals surface area contributed by atoms with Crippen molar-refractivity contribution in [2.24, 2.45) is 10.8 Å². The van der Waals surface area contributed by atoms with Crippen molar-refractivity contribution in [3.63, 3.8) is 0 Å². The third-order valence-electron chi connectivity index (χ3n) is 3.88. The molecule has 0 saturated carbocycles. The zero-order valence-corrected chi connectivity index (χ0v) is 16.6. The number of benzene rings is 2.